The molecule has 0 aliphatic carbocycles. The number of β-lactam (4-membered cyclic amide) rings is 2. The first-order chi connectivity index (χ1) is 24.9. The van der Waals surface area contributed by atoms with Gasteiger partial charge in [-0.05, 0) is 45.4 Å². The van der Waals surface area contributed by atoms with Crippen LogP contribution >= 0.6 is 24.2 Å². The summed E-state index contributed by atoms with van der Waals surface area (Å²) in [6.07, 6.45) is 0. The molecule has 54 heavy (non-hydrogen) atoms. The Balaban J connectivity index is 0.00000561. The van der Waals surface area contributed by atoms with Gasteiger partial charge in [-0.2, -0.15) is 0 Å². The molecule has 2 aromatic rings. The minimum Gasteiger partial charge on any atom is -0.496 e. The van der Waals surface area contributed by atoms with Crippen LogP contribution in [0.2, 0.25) is 0 Å². The van der Waals surface area contributed by atoms with E-state index in [-0.39, 0.29) is 29.5 Å². The van der Waals surface area contributed by atoms with Crippen LogP contribution < -0.4 is 25.8 Å². The van der Waals surface area contributed by atoms with Crippen molar-refractivity contribution in [1.82, 2.24) is 20.4 Å². The zero-order valence-electron chi connectivity index (χ0n) is 30.0. The van der Waals surface area contributed by atoms with E-state index in [0.29, 0.717) is 5.56 Å². The first-order valence-electron chi connectivity index (χ1n) is 16.4. The van der Waals surface area contributed by atoms with E-state index in [2.05, 4.69) is 10.6 Å². The van der Waals surface area contributed by atoms with E-state index >= 15 is 0 Å². The number of carbonyl (C=O) groups excluding carboxylic acids is 6. The summed E-state index contributed by atoms with van der Waals surface area (Å²) in [5.74, 6) is -4.56. The van der Waals surface area contributed by atoms with Gasteiger partial charge < -0.3 is 45.1 Å². The molecule has 0 bridgehead atoms. The van der Waals surface area contributed by atoms with E-state index in [0.717, 1.165) is 4.90 Å². The molecule has 4 aliphatic rings. The van der Waals surface area contributed by atoms with Gasteiger partial charge in [0.15, 0.2) is 15.2 Å². The molecule has 7 atom stereocenters. The number of fused-ring (bicyclic) bond motifs is 2. The van der Waals surface area contributed by atoms with Crippen LogP contribution in [-0.4, -0.2) is 119 Å². The van der Waals surface area contributed by atoms with Crippen molar-refractivity contribution in [3.63, 3.8) is 0 Å². The molecule has 0 spiro atoms. The number of hydrogen-bond acceptors (Lipinski definition) is 14. The number of ether oxygens (including phenoxy) is 4. The third kappa shape index (κ3) is 6.29. The summed E-state index contributed by atoms with van der Waals surface area (Å²) in [5, 5.41) is 2.93. The molecule has 0 radical (unpaired) electrons. The number of carbonyl (C=O) groups is 6. The molecule has 2 aromatic carbocycles. The van der Waals surface area contributed by atoms with Crippen LogP contribution in [0.25, 0.3) is 0 Å². The highest BCUT2D eigenvalue weighted by molar-refractivity contribution is 8.01. The van der Waals surface area contributed by atoms with Crippen LogP contribution in [0.4, 0.5) is 0 Å². The number of nitrogens with two attached hydrogens (primary N) is 1. The molecule has 4 heterocycles. The average molecular weight is 810 g/mol. The Morgan fingerprint density at radius 1 is 0.833 bits per heavy atom. The van der Waals surface area contributed by atoms with E-state index in [9.17, 15) is 37.2 Å². The number of sulfone groups is 1. The fourth-order valence-electron chi connectivity index (χ4n) is 7.19. The number of benzene rings is 2. The number of thioether (sulfide) groups is 1. The monoisotopic (exact) mass is 809 g/mol. The molecule has 4 aliphatic heterocycles. The highest BCUT2D eigenvalue weighted by Gasteiger charge is 2.73. The molecule has 6 rings (SSSR count). The van der Waals surface area contributed by atoms with Crippen LogP contribution in [0.15, 0.2) is 48.5 Å². The lowest BCUT2D eigenvalue weighted by molar-refractivity contribution is -0.181. The third-order valence-corrected chi connectivity index (χ3v) is 14.4. The number of halogens is 1. The van der Waals surface area contributed by atoms with Crippen molar-refractivity contribution < 1.29 is 56.1 Å². The molecule has 4 saturated heterocycles. The molecule has 2 unspecified atom stereocenters. The van der Waals surface area contributed by atoms with Crippen LogP contribution in [0, 0.1) is 0 Å². The van der Waals surface area contributed by atoms with Crippen LogP contribution in [0.5, 0.6) is 11.5 Å². The summed E-state index contributed by atoms with van der Waals surface area (Å²) in [5.41, 5.74) is 6.60. The predicted molar refractivity (Wildman–Crippen MR) is 194 cm³/mol. The molecule has 4 fully saturated rings. The van der Waals surface area contributed by atoms with Gasteiger partial charge in [0.25, 0.3) is 5.91 Å². The van der Waals surface area contributed by atoms with Gasteiger partial charge in [0.2, 0.25) is 24.5 Å². The van der Waals surface area contributed by atoms with Crippen LogP contribution in [0.3, 0.4) is 0 Å². The standard InChI is InChI=1S/C34H39N5O12S2.ClH/c1-33(2)23(38-27(42)21(29(38)52-33)36-26(41)20(35)16-11-8-7-9-12-16)31(44)50-15-51-32(45)24-34(3,4)53(46,47)30-22(28(43)39(24)30)37-25(40)19-17(48-5)13-10-14-18(19)49-6;/h7-14,20-24,29-30H,15,35H2,1-6H3,(H,36,41)(H,37,40);1H/t20?,21?,22-,23+,24+,29-,30-;/m1./s1. The number of rotatable bonds is 11. The second-order valence-corrected chi connectivity index (χ2v) is 18.3. The van der Waals surface area contributed by atoms with E-state index in [1.54, 1.807) is 50.2 Å². The summed E-state index contributed by atoms with van der Waals surface area (Å²) in [4.78, 5) is 81.6. The second kappa shape index (κ2) is 14.6. The minimum absolute atomic E-state index is 0. The Hall–Kier alpha value is -4.59. The zero-order chi connectivity index (χ0) is 38.8. The minimum atomic E-state index is -4.28. The van der Waals surface area contributed by atoms with Crippen molar-refractivity contribution in [1.29, 1.82) is 0 Å². The average Bonchev–Trinajstić information content (AvgIpc) is 3.46. The summed E-state index contributed by atoms with van der Waals surface area (Å²) in [7, 11) is -1.63. The van der Waals surface area contributed by atoms with Crippen molar-refractivity contribution in [3.8, 4) is 11.5 Å². The van der Waals surface area contributed by atoms with Crippen molar-refractivity contribution >= 4 is 69.6 Å². The first-order valence-corrected chi connectivity index (χ1v) is 18.8. The third-order valence-electron chi connectivity index (χ3n) is 10.0. The fourth-order valence-corrected chi connectivity index (χ4v) is 11.0. The molecular formula is C34H40ClN5O12S2. The van der Waals surface area contributed by atoms with Gasteiger partial charge in [-0.1, -0.05) is 36.4 Å². The van der Waals surface area contributed by atoms with Gasteiger partial charge in [0.1, 0.15) is 57.4 Å². The van der Waals surface area contributed by atoms with Crippen LogP contribution in [0.1, 0.15) is 49.7 Å². The number of amides is 4. The SMILES string of the molecule is COc1cccc(OC)c1C(=O)N[C@@H]1C(=O)N2[C@@H](C(=O)OCOC(=O)[C@@H]3N4C(=O)C(NC(=O)C(N)c5ccccc5)[C@H]4SC3(C)C)C(C)(C)S(=O)(=O)[C@H]12.Cl. The molecule has 0 aromatic heterocycles. The largest absolute Gasteiger partial charge is 0.496 e. The van der Waals surface area contributed by atoms with Gasteiger partial charge in [-0.25, -0.2) is 18.0 Å². The topological polar surface area (TPSA) is 230 Å². The summed E-state index contributed by atoms with van der Waals surface area (Å²) < 4.78 is 45.6. The Labute approximate surface area is 321 Å². The Kier molecular flexibility index (Phi) is 11.0. The number of esters is 2. The van der Waals surface area contributed by atoms with Gasteiger partial charge >= 0.3 is 11.9 Å². The van der Waals surface area contributed by atoms with Gasteiger partial charge in [0, 0.05) is 4.75 Å². The van der Waals surface area contributed by atoms with Crippen molar-refractivity contribution in [2.24, 2.45) is 5.73 Å². The number of methoxy groups -OCH3 is 2. The van der Waals surface area contributed by atoms with E-state index in [4.69, 9.17) is 24.7 Å². The van der Waals surface area contributed by atoms with Gasteiger partial charge in [-0.15, -0.1) is 24.2 Å². The van der Waals surface area contributed by atoms with Crippen molar-refractivity contribution in [3.05, 3.63) is 59.7 Å². The van der Waals surface area contributed by atoms with E-state index in [1.165, 1.54) is 56.9 Å². The maximum atomic E-state index is 13.7. The molecule has 292 valence electrons. The molecule has 4 N–H and O–H groups in total. The van der Waals surface area contributed by atoms with E-state index in [1.807, 2.05) is 0 Å². The summed E-state index contributed by atoms with van der Waals surface area (Å²) in [6.45, 7) is 5.00. The van der Waals surface area contributed by atoms with Crippen molar-refractivity contribution in [2.45, 2.75) is 78.1 Å². The molecule has 4 amide bonds. The number of hydrogen-bond donors (Lipinski definition) is 3. The number of nitrogens with zero attached hydrogens (tertiary/aromatic N) is 2. The highest BCUT2D eigenvalue weighted by Crippen LogP contribution is 2.51. The maximum Gasteiger partial charge on any atom is 0.333 e. The van der Waals surface area contributed by atoms with Gasteiger partial charge in [0.05, 0.1) is 14.2 Å². The molecule has 17 nitrogen and oxygen atoms in total. The van der Waals surface area contributed by atoms with E-state index < -0.39 is 103 Å². The molecule has 20 heteroatoms. The Morgan fingerprint density at radius 3 is 1.96 bits per heavy atom. The van der Waals surface area contributed by atoms with Crippen LogP contribution in [-0.2, 0) is 43.3 Å². The fraction of sp³-hybridized carbons (Fsp3) is 0.471. The predicted octanol–water partition coefficient (Wildman–Crippen LogP) is 0.259. The Bertz CT molecular complexity index is 1980. The second-order valence-electron chi connectivity index (χ2n) is 13.9. The molecule has 0 saturated carbocycles. The van der Waals surface area contributed by atoms with Crippen molar-refractivity contribution in [2.75, 3.05) is 21.0 Å². The smallest absolute Gasteiger partial charge is 0.333 e. The summed E-state index contributed by atoms with van der Waals surface area (Å²) in [6, 6.07) is 6.98. The quantitative estimate of drug-likeness (QED) is 0.157. The summed E-state index contributed by atoms with van der Waals surface area (Å²) >= 11 is 1.28. The normalized spacial score (nSPS) is 27.1. The molecular weight excluding hydrogens is 770 g/mol. The first kappa shape index (κ1) is 40.6. The van der Waals surface area contributed by atoms with Gasteiger partial charge in [-0.3, -0.25) is 19.2 Å². The zero-order valence-corrected chi connectivity index (χ0v) is 32.4. The maximum absolute atomic E-state index is 13.7. The number of nitrogens with one attached hydrogen (secondary N) is 2. The highest BCUT2D eigenvalue weighted by atomic mass is 35.5. The lowest BCUT2D eigenvalue weighted by Gasteiger charge is -2.44. The lowest BCUT2D eigenvalue weighted by Crippen LogP contribution is -2.72. The Morgan fingerprint density at radius 2 is 1.39 bits per heavy atom. The lowest BCUT2D eigenvalue weighted by atomic mass is 9.95.